The largest absolute Gasteiger partial charge is 0.359 e. The SMILES string of the molecule is COCO[C@@H]1CC[C@]2(C)C3CC[C@]45CCC[C@H](C(C)=O)[C@H]4CCC5C3CC[C@H]2C1. The molecule has 0 bridgehead atoms. The molecule has 0 saturated heterocycles. The van der Waals surface area contributed by atoms with E-state index >= 15 is 0 Å². The van der Waals surface area contributed by atoms with Gasteiger partial charge in [-0.3, -0.25) is 4.79 Å². The molecule has 0 aromatic carbocycles. The summed E-state index contributed by atoms with van der Waals surface area (Å²) in [4.78, 5) is 12.4. The Bertz CT molecular complexity index is 631. The number of carbonyl (C=O) groups is 1. The first-order chi connectivity index (χ1) is 14.0. The van der Waals surface area contributed by atoms with Crippen LogP contribution in [0.1, 0.15) is 90.9 Å². The Morgan fingerprint density at radius 1 is 0.931 bits per heavy atom. The Labute approximate surface area is 177 Å². The lowest BCUT2D eigenvalue weighted by Crippen LogP contribution is -2.55. The zero-order valence-corrected chi connectivity index (χ0v) is 19.0. The van der Waals surface area contributed by atoms with Crippen molar-refractivity contribution in [3.05, 3.63) is 0 Å². The Hall–Kier alpha value is -0.410. The first kappa shape index (κ1) is 20.5. The molecule has 0 N–H and O–H groups in total. The van der Waals surface area contributed by atoms with Crippen LogP contribution in [0, 0.1) is 46.3 Å². The van der Waals surface area contributed by atoms with Gasteiger partial charge in [0.15, 0.2) is 0 Å². The number of methoxy groups -OCH3 is 1. The lowest BCUT2D eigenvalue weighted by molar-refractivity contribution is -0.161. The number of rotatable bonds is 4. The van der Waals surface area contributed by atoms with Crippen LogP contribution in [0.25, 0.3) is 0 Å². The van der Waals surface area contributed by atoms with Gasteiger partial charge in [-0.15, -0.1) is 0 Å². The molecule has 0 amide bonds. The van der Waals surface area contributed by atoms with Gasteiger partial charge in [0.25, 0.3) is 0 Å². The van der Waals surface area contributed by atoms with Crippen LogP contribution in [0.4, 0.5) is 0 Å². The van der Waals surface area contributed by atoms with Crippen molar-refractivity contribution >= 4 is 5.78 Å². The summed E-state index contributed by atoms with van der Waals surface area (Å²) in [6.07, 6.45) is 16.5. The first-order valence-electron chi connectivity index (χ1n) is 12.6. The Balaban J connectivity index is 1.35. The highest BCUT2D eigenvalue weighted by molar-refractivity contribution is 5.78. The molecule has 1 spiro atoms. The molecule has 5 saturated carbocycles. The molecule has 5 rings (SSSR count). The summed E-state index contributed by atoms with van der Waals surface area (Å²) >= 11 is 0. The van der Waals surface area contributed by atoms with Crippen molar-refractivity contribution in [2.24, 2.45) is 46.3 Å². The molecule has 0 aromatic heterocycles. The first-order valence-corrected chi connectivity index (χ1v) is 12.6. The second-order valence-corrected chi connectivity index (χ2v) is 11.7. The second kappa shape index (κ2) is 7.62. The molecule has 5 fully saturated rings. The minimum Gasteiger partial charge on any atom is -0.359 e. The Kier molecular flexibility index (Phi) is 5.39. The van der Waals surface area contributed by atoms with Crippen molar-refractivity contribution in [2.75, 3.05) is 13.9 Å². The molecular formula is C26H42O3. The standard InChI is InChI=1S/C26H42O3/c1-17(27)20-5-4-12-26-14-11-22-21(24(26)9-8-23(20)26)7-6-18-15-19(29-16-28-3)10-13-25(18,22)2/h18-24H,4-16H2,1-3H3/t18-,19+,20+,21?,22?,23+,24?,25-,26+/m0/s1. The molecular weight excluding hydrogens is 360 g/mol. The highest BCUT2D eigenvalue weighted by Crippen LogP contribution is 2.70. The van der Waals surface area contributed by atoms with E-state index in [2.05, 4.69) is 6.92 Å². The molecule has 3 nitrogen and oxygen atoms in total. The van der Waals surface area contributed by atoms with Gasteiger partial charge in [0.2, 0.25) is 0 Å². The monoisotopic (exact) mass is 402 g/mol. The molecule has 3 heteroatoms. The number of ether oxygens (including phenoxy) is 2. The van der Waals surface area contributed by atoms with Gasteiger partial charge < -0.3 is 9.47 Å². The maximum Gasteiger partial charge on any atom is 0.146 e. The van der Waals surface area contributed by atoms with Crippen molar-refractivity contribution in [2.45, 2.75) is 97.0 Å². The lowest BCUT2D eigenvalue weighted by atomic mass is 9.43. The van der Waals surface area contributed by atoms with Crippen LogP contribution >= 0.6 is 0 Å². The van der Waals surface area contributed by atoms with Crippen LogP contribution in [0.15, 0.2) is 0 Å². The van der Waals surface area contributed by atoms with Crippen LogP contribution in [0.3, 0.4) is 0 Å². The van der Waals surface area contributed by atoms with Crippen molar-refractivity contribution < 1.29 is 14.3 Å². The van der Waals surface area contributed by atoms with E-state index in [0.717, 1.165) is 23.7 Å². The highest BCUT2D eigenvalue weighted by atomic mass is 16.7. The van der Waals surface area contributed by atoms with Gasteiger partial charge in [-0.25, -0.2) is 0 Å². The number of hydrogen-bond acceptors (Lipinski definition) is 3. The number of Topliss-reactive ketones (excluding diaryl/α,β-unsaturated/α-hetero) is 1. The van der Waals surface area contributed by atoms with Gasteiger partial charge in [-0.05, 0) is 118 Å². The van der Waals surface area contributed by atoms with Crippen molar-refractivity contribution in [1.29, 1.82) is 0 Å². The Morgan fingerprint density at radius 3 is 2.55 bits per heavy atom. The van der Waals surface area contributed by atoms with Gasteiger partial charge in [0.1, 0.15) is 12.6 Å². The van der Waals surface area contributed by atoms with Crippen molar-refractivity contribution in [3.63, 3.8) is 0 Å². The number of hydrogen-bond donors (Lipinski definition) is 0. The minimum absolute atomic E-state index is 0.380. The third kappa shape index (κ3) is 3.08. The van der Waals surface area contributed by atoms with E-state index in [-0.39, 0.29) is 0 Å². The maximum atomic E-state index is 12.4. The zero-order chi connectivity index (χ0) is 20.2. The van der Waals surface area contributed by atoms with Crippen LogP contribution in [0.2, 0.25) is 0 Å². The molecule has 5 aliphatic carbocycles. The normalized spacial score (nSPS) is 51.5. The predicted octanol–water partition coefficient (Wildman–Crippen LogP) is 6.00. The van der Waals surface area contributed by atoms with Gasteiger partial charge in [0, 0.05) is 13.0 Å². The molecule has 164 valence electrons. The van der Waals surface area contributed by atoms with E-state index in [1.165, 1.54) is 77.0 Å². The second-order valence-electron chi connectivity index (χ2n) is 11.7. The molecule has 0 radical (unpaired) electrons. The third-order valence-electron chi connectivity index (χ3n) is 11.0. The third-order valence-corrected chi connectivity index (χ3v) is 11.0. The number of fused-ring (bicyclic) bond motifs is 4. The number of ketones is 1. The fourth-order valence-electron chi connectivity index (χ4n) is 9.82. The van der Waals surface area contributed by atoms with E-state index in [0.29, 0.717) is 41.3 Å². The average Bonchev–Trinajstić information content (AvgIpc) is 3.12. The van der Waals surface area contributed by atoms with E-state index in [9.17, 15) is 4.79 Å². The summed E-state index contributed by atoms with van der Waals surface area (Å²) in [7, 11) is 1.73. The summed E-state index contributed by atoms with van der Waals surface area (Å²) in [5, 5.41) is 0. The fraction of sp³-hybridized carbons (Fsp3) is 0.962. The molecule has 0 heterocycles. The van der Waals surface area contributed by atoms with Crippen LogP contribution < -0.4 is 0 Å². The Morgan fingerprint density at radius 2 is 1.76 bits per heavy atom. The molecule has 29 heavy (non-hydrogen) atoms. The predicted molar refractivity (Wildman–Crippen MR) is 114 cm³/mol. The zero-order valence-electron chi connectivity index (χ0n) is 19.0. The maximum absolute atomic E-state index is 12.4. The van der Waals surface area contributed by atoms with Gasteiger partial charge in [-0.2, -0.15) is 0 Å². The molecule has 0 aliphatic heterocycles. The number of carbonyl (C=O) groups excluding carboxylic acids is 1. The van der Waals surface area contributed by atoms with Crippen molar-refractivity contribution in [1.82, 2.24) is 0 Å². The summed E-state index contributed by atoms with van der Waals surface area (Å²) in [6.45, 7) is 4.97. The highest BCUT2D eigenvalue weighted by Gasteiger charge is 2.63. The quantitative estimate of drug-likeness (QED) is 0.541. The van der Waals surface area contributed by atoms with E-state index in [4.69, 9.17) is 9.47 Å². The summed E-state index contributed by atoms with van der Waals surface area (Å²) < 4.78 is 11.1. The molecule has 5 aliphatic rings. The summed E-state index contributed by atoms with van der Waals surface area (Å²) in [5.74, 6) is 5.17. The van der Waals surface area contributed by atoms with E-state index in [1.54, 1.807) is 7.11 Å². The van der Waals surface area contributed by atoms with Gasteiger partial charge >= 0.3 is 0 Å². The van der Waals surface area contributed by atoms with Crippen LogP contribution in [0.5, 0.6) is 0 Å². The molecule has 3 unspecified atom stereocenters. The van der Waals surface area contributed by atoms with Gasteiger partial charge in [-0.1, -0.05) is 13.3 Å². The minimum atomic E-state index is 0.380. The average molecular weight is 403 g/mol. The molecule has 9 atom stereocenters. The van der Waals surface area contributed by atoms with Crippen molar-refractivity contribution in [3.8, 4) is 0 Å². The van der Waals surface area contributed by atoms with Crippen LogP contribution in [-0.2, 0) is 14.3 Å². The summed E-state index contributed by atoms with van der Waals surface area (Å²) in [6, 6.07) is 0. The van der Waals surface area contributed by atoms with Gasteiger partial charge in [0.05, 0.1) is 6.10 Å². The van der Waals surface area contributed by atoms with E-state index < -0.39 is 0 Å². The summed E-state index contributed by atoms with van der Waals surface area (Å²) in [5.41, 5.74) is 1.04. The topological polar surface area (TPSA) is 35.5 Å². The van der Waals surface area contributed by atoms with Crippen LogP contribution in [-0.4, -0.2) is 25.8 Å². The molecule has 0 aromatic rings. The lowest BCUT2D eigenvalue weighted by Gasteiger charge is -2.62. The van der Waals surface area contributed by atoms with E-state index in [1.807, 2.05) is 6.92 Å². The fourth-order valence-corrected chi connectivity index (χ4v) is 9.82. The smallest absolute Gasteiger partial charge is 0.146 e.